The summed E-state index contributed by atoms with van der Waals surface area (Å²) in [5, 5.41) is 9.77. The molecule has 200 valence electrons. The van der Waals surface area contributed by atoms with Crippen LogP contribution in [-0.4, -0.2) is 9.13 Å². The Morgan fingerprint density at radius 2 is 1.07 bits per heavy atom. The number of furan rings is 1. The van der Waals surface area contributed by atoms with Gasteiger partial charge in [-0.2, -0.15) is 0 Å². The van der Waals surface area contributed by atoms with E-state index in [2.05, 4.69) is 149 Å². The van der Waals surface area contributed by atoms with Crippen molar-refractivity contribution in [3.63, 3.8) is 0 Å². The molecule has 7 aromatic carbocycles. The van der Waals surface area contributed by atoms with Gasteiger partial charge in [-0.15, -0.1) is 0 Å². The molecule has 0 saturated heterocycles. The van der Waals surface area contributed by atoms with Crippen LogP contribution in [0, 0.1) is 0 Å². The largest absolute Gasteiger partial charge is 0.454 e. The summed E-state index contributed by atoms with van der Waals surface area (Å²) in [5.74, 6) is 0. The third-order valence-electron chi connectivity index (χ3n) is 9.09. The molecular formula is C40H24N2O. The minimum absolute atomic E-state index is 0.906. The van der Waals surface area contributed by atoms with Gasteiger partial charge in [0.15, 0.2) is 5.58 Å². The molecule has 0 aliphatic heterocycles. The third-order valence-corrected chi connectivity index (χ3v) is 9.09. The number of para-hydroxylation sites is 5. The summed E-state index contributed by atoms with van der Waals surface area (Å²) in [6.07, 6.45) is 0. The second-order valence-electron chi connectivity index (χ2n) is 11.3. The van der Waals surface area contributed by atoms with E-state index in [9.17, 15) is 0 Å². The van der Waals surface area contributed by atoms with Crippen LogP contribution in [0.3, 0.4) is 0 Å². The molecule has 0 radical (unpaired) electrons. The monoisotopic (exact) mass is 548 g/mol. The standard InChI is InChI=1S/C40H24N2O/c1-2-11-26(12-3-1)41-32-17-7-4-13-27(32)29-23-21-25-22-24-34-38(37(25)39(29)41)31-15-5-8-18-33(31)42(34)35-19-10-16-30-28-14-6-9-20-36(28)43-40(30)35/h1-24H. The molecule has 0 amide bonds. The van der Waals surface area contributed by atoms with E-state index in [1.807, 2.05) is 6.07 Å². The minimum Gasteiger partial charge on any atom is -0.454 e. The van der Waals surface area contributed by atoms with Crippen molar-refractivity contribution in [1.82, 2.24) is 9.13 Å². The second kappa shape index (κ2) is 8.37. The third kappa shape index (κ3) is 2.98. The Morgan fingerprint density at radius 3 is 1.93 bits per heavy atom. The van der Waals surface area contributed by atoms with Crippen molar-refractivity contribution in [2.45, 2.75) is 0 Å². The van der Waals surface area contributed by atoms with E-state index in [0.717, 1.165) is 38.8 Å². The van der Waals surface area contributed by atoms with E-state index in [1.165, 1.54) is 48.9 Å². The van der Waals surface area contributed by atoms with Gasteiger partial charge in [-0.25, -0.2) is 0 Å². The first-order chi connectivity index (χ1) is 21.4. The van der Waals surface area contributed by atoms with Gasteiger partial charge < -0.3 is 13.6 Å². The average Bonchev–Trinajstić information content (AvgIpc) is 3.73. The molecule has 0 atom stereocenters. The Morgan fingerprint density at radius 1 is 0.395 bits per heavy atom. The van der Waals surface area contributed by atoms with Crippen LogP contribution in [0.25, 0.3) is 87.7 Å². The van der Waals surface area contributed by atoms with Crippen LogP contribution in [0.2, 0.25) is 0 Å². The molecule has 3 heterocycles. The number of aromatic nitrogens is 2. The van der Waals surface area contributed by atoms with Crippen molar-refractivity contribution < 1.29 is 4.42 Å². The van der Waals surface area contributed by atoms with E-state index in [0.29, 0.717) is 0 Å². The zero-order chi connectivity index (χ0) is 28.1. The highest BCUT2D eigenvalue weighted by atomic mass is 16.3. The lowest BCUT2D eigenvalue weighted by Crippen LogP contribution is -1.95. The maximum atomic E-state index is 6.55. The van der Waals surface area contributed by atoms with E-state index in [4.69, 9.17) is 4.42 Å². The molecule has 0 saturated carbocycles. The lowest BCUT2D eigenvalue weighted by atomic mass is 10.0. The quantitative estimate of drug-likeness (QED) is 0.211. The summed E-state index contributed by atoms with van der Waals surface area (Å²) in [7, 11) is 0. The van der Waals surface area contributed by atoms with Crippen LogP contribution in [0.15, 0.2) is 150 Å². The van der Waals surface area contributed by atoms with Gasteiger partial charge in [0.25, 0.3) is 0 Å². The average molecular weight is 549 g/mol. The number of benzene rings is 7. The van der Waals surface area contributed by atoms with E-state index < -0.39 is 0 Å². The number of fused-ring (bicyclic) bond motifs is 12. The van der Waals surface area contributed by atoms with Gasteiger partial charge in [0.2, 0.25) is 0 Å². The van der Waals surface area contributed by atoms with Gasteiger partial charge in [0, 0.05) is 43.4 Å². The van der Waals surface area contributed by atoms with Crippen molar-refractivity contribution in [3.05, 3.63) is 146 Å². The minimum atomic E-state index is 0.906. The highest BCUT2D eigenvalue weighted by molar-refractivity contribution is 6.31. The molecule has 3 aromatic heterocycles. The lowest BCUT2D eigenvalue weighted by Gasteiger charge is -2.12. The summed E-state index contributed by atoms with van der Waals surface area (Å²) in [6.45, 7) is 0. The molecule has 10 aromatic rings. The molecule has 0 bridgehead atoms. The molecule has 0 unspecified atom stereocenters. The zero-order valence-corrected chi connectivity index (χ0v) is 23.2. The van der Waals surface area contributed by atoms with Crippen LogP contribution in [0.4, 0.5) is 0 Å². The van der Waals surface area contributed by atoms with E-state index in [1.54, 1.807) is 0 Å². The number of nitrogens with zero attached hydrogens (tertiary/aromatic N) is 2. The topological polar surface area (TPSA) is 23.0 Å². The van der Waals surface area contributed by atoms with Crippen LogP contribution >= 0.6 is 0 Å². The smallest absolute Gasteiger partial charge is 0.159 e. The molecule has 10 rings (SSSR count). The highest BCUT2D eigenvalue weighted by Crippen LogP contribution is 2.44. The number of hydrogen-bond donors (Lipinski definition) is 0. The number of hydrogen-bond acceptors (Lipinski definition) is 1. The maximum Gasteiger partial charge on any atom is 0.159 e. The van der Waals surface area contributed by atoms with E-state index >= 15 is 0 Å². The van der Waals surface area contributed by atoms with Gasteiger partial charge in [0.1, 0.15) is 5.58 Å². The summed E-state index contributed by atoms with van der Waals surface area (Å²) in [5.41, 5.74) is 8.80. The summed E-state index contributed by atoms with van der Waals surface area (Å²) in [6, 6.07) is 52.2. The first-order valence-corrected chi connectivity index (χ1v) is 14.7. The molecule has 0 aliphatic rings. The predicted octanol–water partition coefficient (Wildman–Crippen LogP) is 10.9. The molecule has 0 aliphatic carbocycles. The Kier molecular flexibility index (Phi) is 4.45. The Labute approximate surface area is 246 Å². The Balaban J connectivity index is 1.44. The molecule has 3 heteroatoms. The van der Waals surface area contributed by atoms with Crippen molar-refractivity contribution >= 4 is 76.3 Å². The van der Waals surface area contributed by atoms with Gasteiger partial charge >= 0.3 is 0 Å². The highest BCUT2D eigenvalue weighted by Gasteiger charge is 2.22. The Bertz CT molecular complexity index is 2720. The molecular weight excluding hydrogens is 524 g/mol. The fraction of sp³-hybridized carbons (Fsp3) is 0. The molecule has 3 nitrogen and oxygen atoms in total. The van der Waals surface area contributed by atoms with Crippen molar-refractivity contribution in [2.75, 3.05) is 0 Å². The van der Waals surface area contributed by atoms with Crippen molar-refractivity contribution in [3.8, 4) is 11.4 Å². The fourth-order valence-electron chi connectivity index (χ4n) is 7.34. The van der Waals surface area contributed by atoms with Gasteiger partial charge in [-0.3, -0.25) is 0 Å². The van der Waals surface area contributed by atoms with Gasteiger partial charge in [0.05, 0.1) is 27.8 Å². The van der Waals surface area contributed by atoms with Gasteiger partial charge in [-0.05, 0) is 47.9 Å². The van der Waals surface area contributed by atoms with E-state index in [-0.39, 0.29) is 0 Å². The summed E-state index contributed by atoms with van der Waals surface area (Å²) < 4.78 is 11.4. The predicted molar refractivity (Wildman–Crippen MR) is 180 cm³/mol. The normalized spacial score (nSPS) is 12.2. The molecule has 0 spiro atoms. The molecule has 0 fully saturated rings. The summed E-state index contributed by atoms with van der Waals surface area (Å²) in [4.78, 5) is 0. The maximum absolute atomic E-state index is 6.55. The Hall–Kier alpha value is -5.80. The van der Waals surface area contributed by atoms with Crippen LogP contribution in [0.5, 0.6) is 0 Å². The molecule has 0 N–H and O–H groups in total. The SMILES string of the molecule is c1ccc(-n2c3ccccc3c3ccc4ccc5c(c6ccccc6n5-c5cccc6c5oc5ccccc56)c4c32)cc1. The lowest BCUT2D eigenvalue weighted by molar-refractivity contribution is 0.666. The van der Waals surface area contributed by atoms with Crippen molar-refractivity contribution in [1.29, 1.82) is 0 Å². The number of rotatable bonds is 2. The first-order valence-electron chi connectivity index (χ1n) is 14.7. The fourth-order valence-corrected chi connectivity index (χ4v) is 7.34. The first kappa shape index (κ1) is 22.8. The van der Waals surface area contributed by atoms with Gasteiger partial charge in [-0.1, -0.05) is 103 Å². The van der Waals surface area contributed by atoms with Crippen LogP contribution in [-0.2, 0) is 0 Å². The van der Waals surface area contributed by atoms with Crippen LogP contribution < -0.4 is 0 Å². The second-order valence-corrected chi connectivity index (χ2v) is 11.3. The zero-order valence-electron chi connectivity index (χ0n) is 23.2. The summed E-state index contributed by atoms with van der Waals surface area (Å²) >= 11 is 0. The van der Waals surface area contributed by atoms with Crippen LogP contribution in [0.1, 0.15) is 0 Å². The molecule has 43 heavy (non-hydrogen) atoms. The van der Waals surface area contributed by atoms with Crippen molar-refractivity contribution in [2.24, 2.45) is 0 Å².